The predicted octanol–water partition coefficient (Wildman–Crippen LogP) is 4.73. The first-order valence-corrected chi connectivity index (χ1v) is 8.70. The molecule has 0 bridgehead atoms. The van der Waals surface area contributed by atoms with Gasteiger partial charge in [0.05, 0.1) is 12.0 Å². The maximum absolute atomic E-state index is 12.8. The van der Waals surface area contributed by atoms with Crippen molar-refractivity contribution >= 4 is 11.7 Å². The average molecular weight is 379 g/mol. The van der Waals surface area contributed by atoms with Crippen LogP contribution in [0.2, 0.25) is 0 Å². The summed E-state index contributed by atoms with van der Waals surface area (Å²) in [5, 5.41) is 9.01. The van der Waals surface area contributed by atoms with Crippen LogP contribution in [0.1, 0.15) is 30.4 Å². The van der Waals surface area contributed by atoms with Crippen molar-refractivity contribution in [2.24, 2.45) is 0 Å². The zero-order chi connectivity index (χ0) is 19.4. The number of nitrogens with zero attached hydrogens (tertiary/aromatic N) is 1. The molecular formula is C20H20F3NO3. The van der Waals surface area contributed by atoms with Crippen molar-refractivity contribution in [3.63, 3.8) is 0 Å². The second kappa shape index (κ2) is 7.90. The summed E-state index contributed by atoms with van der Waals surface area (Å²) in [5.74, 6) is -0.266. The van der Waals surface area contributed by atoms with Crippen LogP contribution in [0.15, 0.2) is 48.5 Å². The molecule has 1 atom stereocenters. The Labute approximate surface area is 155 Å². The van der Waals surface area contributed by atoms with Gasteiger partial charge in [0, 0.05) is 18.3 Å². The minimum Gasteiger partial charge on any atom is -0.489 e. The molecule has 0 saturated carbocycles. The second-order valence-electron chi connectivity index (χ2n) is 6.57. The van der Waals surface area contributed by atoms with Gasteiger partial charge in [-0.2, -0.15) is 13.2 Å². The molecule has 0 aliphatic carbocycles. The monoisotopic (exact) mass is 379 g/mol. The molecule has 2 aromatic rings. The third-order valence-electron chi connectivity index (χ3n) is 4.62. The summed E-state index contributed by atoms with van der Waals surface area (Å²) in [7, 11) is 0. The van der Waals surface area contributed by atoms with Crippen LogP contribution in [0.3, 0.4) is 0 Å². The van der Waals surface area contributed by atoms with Gasteiger partial charge >= 0.3 is 12.1 Å². The van der Waals surface area contributed by atoms with Crippen molar-refractivity contribution in [1.82, 2.24) is 0 Å². The lowest BCUT2D eigenvalue weighted by Gasteiger charge is -2.25. The van der Waals surface area contributed by atoms with Crippen molar-refractivity contribution in [1.29, 1.82) is 0 Å². The van der Waals surface area contributed by atoms with E-state index in [-0.39, 0.29) is 19.1 Å². The summed E-state index contributed by atoms with van der Waals surface area (Å²) >= 11 is 0. The number of ether oxygens (including phenoxy) is 1. The van der Waals surface area contributed by atoms with Gasteiger partial charge in [0.1, 0.15) is 12.4 Å². The van der Waals surface area contributed by atoms with Gasteiger partial charge in [0.2, 0.25) is 0 Å². The van der Waals surface area contributed by atoms with E-state index < -0.39 is 17.7 Å². The number of carboxylic acids is 1. The quantitative estimate of drug-likeness (QED) is 0.789. The smallest absolute Gasteiger partial charge is 0.416 e. The number of alkyl halides is 3. The van der Waals surface area contributed by atoms with Gasteiger partial charge in [-0.3, -0.25) is 4.79 Å². The Morgan fingerprint density at radius 3 is 2.59 bits per heavy atom. The zero-order valence-electron chi connectivity index (χ0n) is 14.6. The second-order valence-corrected chi connectivity index (χ2v) is 6.57. The lowest BCUT2D eigenvalue weighted by Crippen LogP contribution is -2.31. The summed E-state index contributed by atoms with van der Waals surface area (Å²) in [4.78, 5) is 13.0. The third kappa shape index (κ3) is 4.93. The SMILES string of the molecule is O=C(O)C[C@@H]1CCCN1c1ccc(OCc2cccc(C(F)(F)F)c2)cc1. The van der Waals surface area contributed by atoms with Crippen molar-refractivity contribution in [2.75, 3.05) is 11.4 Å². The summed E-state index contributed by atoms with van der Waals surface area (Å²) in [6.45, 7) is 0.844. The Bertz CT molecular complexity index is 790. The average Bonchev–Trinajstić information content (AvgIpc) is 3.07. The van der Waals surface area contributed by atoms with E-state index in [2.05, 4.69) is 4.90 Å². The van der Waals surface area contributed by atoms with Gasteiger partial charge in [-0.15, -0.1) is 0 Å². The highest BCUT2D eigenvalue weighted by atomic mass is 19.4. The number of benzene rings is 2. The first kappa shape index (κ1) is 19.1. The number of halogens is 3. The number of hydrogen-bond donors (Lipinski definition) is 1. The van der Waals surface area contributed by atoms with E-state index in [0.29, 0.717) is 11.3 Å². The molecule has 0 spiro atoms. The number of carboxylic acid groups (broad SMARTS) is 1. The standard InChI is InChI=1S/C20H20F3NO3/c21-20(22,23)15-4-1-3-14(11-15)13-27-18-8-6-16(7-9-18)24-10-2-5-17(24)12-19(25)26/h1,3-4,6-9,11,17H,2,5,10,12-13H2,(H,25,26)/t17-/m0/s1. The van der Waals surface area contributed by atoms with Gasteiger partial charge in [0.25, 0.3) is 0 Å². The third-order valence-corrected chi connectivity index (χ3v) is 4.62. The van der Waals surface area contributed by atoms with Crippen LogP contribution >= 0.6 is 0 Å². The molecule has 4 nitrogen and oxygen atoms in total. The fourth-order valence-corrected chi connectivity index (χ4v) is 3.33. The summed E-state index contributed by atoms with van der Waals surface area (Å²) in [6, 6.07) is 12.2. The fourth-order valence-electron chi connectivity index (χ4n) is 3.33. The van der Waals surface area contributed by atoms with Gasteiger partial charge < -0.3 is 14.7 Å². The van der Waals surface area contributed by atoms with Crippen molar-refractivity contribution in [3.05, 3.63) is 59.7 Å². The molecule has 1 N–H and O–H groups in total. The lowest BCUT2D eigenvalue weighted by atomic mass is 10.1. The highest BCUT2D eigenvalue weighted by molar-refractivity contribution is 5.69. The summed E-state index contributed by atoms with van der Waals surface area (Å²) in [6.07, 6.45) is -2.47. The number of carbonyl (C=O) groups is 1. The largest absolute Gasteiger partial charge is 0.489 e. The molecule has 7 heteroatoms. The molecule has 0 aromatic heterocycles. The molecule has 1 aliphatic heterocycles. The Morgan fingerprint density at radius 2 is 1.93 bits per heavy atom. The molecule has 0 amide bonds. The Hall–Kier alpha value is -2.70. The number of rotatable bonds is 6. The molecule has 27 heavy (non-hydrogen) atoms. The molecule has 1 aliphatic rings. The van der Waals surface area contributed by atoms with Gasteiger partial charge in [-0.1, -0.05) is 12.1 Å². The maximum atomic E-state index is 12.8. The normalized spacial score (nSPS) is 17.1. The van der Waals surface area contributed by atoms with Crippen LogP contribution in [0.4, 0.5) is 18.9 Å². The highest BCUT2D eigenvalue weighted by Gasteiger charge is 2.30. The molecule has 144 valence electrons. The summed E-state index contributed by atoms with van der Waals surface area (Å²) < 4.78 is 43.8. The summed E-state index contributed by atoms with van der Waals surface area (Å²) in [5.41, 5.74) is 0.664. The van der Waals surface area contributed by atoms with Gasteiger partial charge in [-0.25, -0.2) is 0 Å². The molecule has 1 heterocycles. The first-order chi connectivity index (χ1) is 12.8. The van der Waals surface area contributed by atoms with Crippen molar-refractivity contribution < 1.29 is 27.8 Å². The van der Waals surface area contributed by atoms with Gasteiger partial charge in [0.15, 0.2) is 0 Å². The lowest BCUT2D eigenvalue weighted by molar-refractivity contribution is -0.138. The number of hydrogen-bond acceptors (Lipinski definition) is 3. The van der Waals surface area contributed by atoms with Crippen molar-refractivity contribution in [2.45, 2.75) is 38.1 Å². The molecule has 1 fully saturated rings. The Morgan fingerprint density at radius 1 is 1.19 bits per heavy atom. The van der Waals surface area contributed by atoms with Gasteiger partial charge in [-0.05, 0) is 54.8 Å². The van der Waals surface area contributed by atoms with E-state index in [9.17, 15) is 18.0 Å². The Balaban J connectivity index is 1.62. The minimum atomic E-state index is -4.38. The van der Waals surface area contributed by atoms with Crippen molar-refractivity contribution in [3.8, 4) is 5.75 Å². The molecule has 0 radical (unpaired) electrons. The minimum absolute atomic E-state index is 0.0145. The van der Waals surface area contributed by atoms with Crippen LogP contribution in [-0.4, -0.2) is 23.7 Å². The van der Waals surface area contributed by atoms with E-state index in [1.54, 1.807) is 18.2 Å². The van der Waals surface area contributed by atoms with E-state index in [1.165, 1.54) is 6.07 Å². The van der Waals surface area contributed by atoms with Crippen LogP contribution in [-0.2, 0) is 17.6 Å². The highest BCUT2D eigenvalue weighted by Crippen LogP contribution is 2.31. The topological polar surface area (TPSA) is 49.8 Å². The number of anilines is 1. The molecule has 0 unspecified atom stereocenters. The van der Waals surface area contributed by atoms with E-state index in [1.807, 2.05) is 12.1 Å². The van der Waals surface area contributed by atoms with E-state index >= 15 is 0 Å². The first-order valence-electron chi connectivity index (χ1n) is 8.70. The fraction of sp³-hybridized carbons (Fsp3) is 0.350. The van der Waals surface area contributed by atoms with Crippen LogP contribution < -0.4 is 9.64 Å². The number of aliphatic carboxylic acids is 1. The maximum Gasteiger partial charge on any atom is 0.416 e. The van der Waals surface area contributed by atoms with E-state index in [4.69, 9.17) is 9.84 Å². The van der Waals surface area contributed by atoms with Crippen LogP contribution in [0.25, 0.3) is 0 Å². The van der Waals surface area contributed by atoms with Crippen LogP contribution in [0.5, 0.6) is 5.75 Å². The van der Waals surface area contributed by atoms with Crippen LogP contribution in [0, 0.1) is 0 Å². The molecule has 2 aromatic carbocycles. The predicted molar refractivity (Wildman–Crippen MR) is 94.8 cm³/mol. The molecular weight excluding hydrogens is 359 g/mol. The zero-order valence-corrected chi connectivity index (χ0v) is 14.6. The molecule has 3 rings (SSSR count). The van der Waals surface area contributed by atoms with E-state index in [0.717, 1.165) is 37.2 Å². The molecule has 1 saturated heterocycles. The Kier molecular flexibility index (Phi) is 5.58.